The molecule has 3 aromatic carbocycles. The van der Waals surface area contributed by atoms with Gasteiger partial charge in [-0.2, -0.15) is 0 Å². The van der Waals surface area contributed by atoms with Crippen LogP contribution in [0.1, 0.15) is 40.7 Å². The Morgan fingerprint density at radius 3 is 2.03 bits per heavy atom. The van der Waals surface area contributed by atoms with E-state index in [0.29, 0.717) is 0 Å². The first-order valence-electron chi connectivity index (χ1n) is 10.9. The topological polar surface area (TPSA) is 105 Å². The van der Waals surface area contributed by atoms with E-state index in [4.69, 9.17) is 33.0 Å². The molecule has 0 radical (unpaired) electrons. The summed E-state index contributed by atoms with van der Waals surface area (Å²) in [6.45, 7) is 1.75. The highest BCUT2D eigenvalue weighted by molar-refractivity contribution is 6.40. The van der Waals surface area contributed by atoms with Gasteiger partial charge in [-0.05, 0) is 40.8 Å². The van der Waals surface area contributed by atoms with E-state index in [1.54, 1.807) is 6.92 Å². The van der Waals surface area contributed by atoms with Crippen molar-refractivity contribution in [3.05, 3.63) is 87.4 Å². The van der Waals surface area contributed by atoms with E-state index in [9.17, 15) is 14.4 Å². The molecule has 0 spiro atoms. The fourth-order valence-corrected chi connectivity index (χ4v) is 4.72. The highest BCUT2D eigenvalue weighted by atomic mass is 35.5. The highest BCUT2D eigenvalue weighted by Crippen LogP contribution is 2.44. The average molecular weight is 513 g/mol. The zero-order valence-electron chi connectivity index (χ0n) is 18.7. The molecule has 180 valence electrons. The highest BCUT2D eigenvalue weighted by Gasteiger charge is 2.29. The molecule has 0 saturated carbocycles. The normalized spacial score (nSPS) is 12.9. The summed E-state index contributed by atoms with van der Waals surface area (Å²) in [4.78, 5) is 36.2. The molecule has 1 aliphatic carbocycles. The summed E-state index contributed by atoms with van der Waals surface area (Å²) >= 11 is 12.5. The van der Waals surface area contributed by atoms with Crippen molar-refractivity contribution in [1.82, 2.24) is 5.32 Å². The Kier molecular flexibility index (Phi) is 7.28. The molecule has 0 bridgehead atoms. The minimum absolute atomic E-state index is 0.0135. The number of halogens is 2. The molecule has 9 heteroatoms. The molecule has 3 aromatic rings. The van der Waals surface area contributed by atoms with Crippen LogP contribution in [-0.2, 0) is 9.53 Å². The van der Waals surface area contributed by atoms with Gasteiger partial charge in [0, 0.05) is 11.5 Å². The molecule has 0 saturated heterocycles. The summed E-state index contributed by atoms with van der Waals surface area (Å²) in [6.07, 6.45) is -0.533. The van der Waals surface area contributed by atoms with Crippen LogP contribution in [0.25, 0.3) is 11.1 Å². The lowest BCUT2D eigenvalue weighted by Gasteiger charge is -2.16. The van der Waals surface area contributed by atoms with Gasteiger partial charge in [0.05, 0.1) is 15.7 Å². The largest absolute Gasteiger partial charge is 0.480 e. The summed E-state index contributed by atoms with van der Waals surface area (Å²) in [5.74, 6) is -1.90. The number of fused-ring (bicyclic) bond motifs is 3. The van der Waals surface area contributed by atoms with Crippen LogP contribution in [0.3, 0.4) is 0 Å². The Balaban J connectivity index is 1.44. The molecule has 7 nitrogen and oxygen atoms in total. The van der Waals surface area contributed by atoms with E-state index in [0.717, 1.165) is 22.3 Å². The number of aliphatic carboxylic acids is 1. The minimum Gasteiger partial charge on any atom is -0.480 e. The third-order valence-electron chi connectivity index (χ3n) is 5.89. The smallest absolute Gasteiger partial charge is 0.411 e. The number of anilines is 1. The molecule has 0 aliphatic heterocycles. The number of hydrogen-bond acceptors (Lipinski definition) is 4. The first-order valence-corrected chi connectivity index (χ1v) is 11.7. The Morgan fingerprint density at radius 1 is 0.971 bits per heavy atom. The average Bonchev–Trinajstić information content (AvgIpc) is 3.16. The lowest BCUT2D eigenvalue weighted by molar-refractivity contribution is -0.139. The molecule has 1 atom stereocenters. The first kappa shape index (κ1) is 24.6. The second-order valence-corrected chi connectivity index (χ2v) is 8.85. The number of ether oxygens (including phenoxy) is 1. The van der Waals surface area contributed by atoms with Crippen molar-refractivity contribution in [3.8, 4) is 11.1 Å². The van der Waals surface area contributed by atoms with E-state index < -0.39 is 24.0 Å². The van der Waals surface area contributed by atoms with Gasteiger partial charge >= 0.3 is 12.1 Å². The molecular formula is C26H22Cl2N2O5. The predicted molar refractivity (Wildman–Crippen MR) is 134 cm³/mol. The molecule has 3 N–H and O–H groups in total. The van der Waals surface area contributed by atoms with Crippen molar-refractivity contribution in [1.29, 1.82) is 0 Å². The summed E-state index contributed by atoms with van der Waals surface area (Å²) in [5, 5.41) is 14.1. The van der Waals surface area contributed by atoms with E-state index in [1.807, 2.05) is 48.5 Å². The summed E-state index contributed by atoms with van der Waals surface area (Å²) in [6, 6.07) is 17.6. The third-order valence-corrected chi connectivity index (χ3v) is 6.48. The van der Waals surface area contributed by atoms with Crippen molar-refractivity contribution >= 4 is 46.9 Å². The number of carboxylic acid groups (broad SMARTS) is 1. The fourth-order valence-electron chi connectivity index (χ4n) is 4.14. The van der Waals surface area contributed by atoms with Gasteiger partial charge < -0.3 is 15.2 Å². The molecule has 4 rings (SSSR count). The van der Waals surface area contributed by atoms with Crippen molar-refractivity contribution in [2.75, 3.05) is 11.9 Å². The van der Waals surface area contributed by atoms with Gasteiger partial charge in [-0.1, -0.05) is 78.7 Å². The summed E-state index contributed by atoms with van der Waals surface area (Å²) < 4.78 is 5.51. The molecular weight excluding hydrogens is 491 g/mol. The van der Waals surface area contributed by atoms with Crippen molar-refractivity contribution in [2.24, 2.45) is 0 Å². The second-order valence-electron chi connectivity index (χ2n) is 8.04. The van der Waals surface area contributed by atoms with Gasteiger partial charge in [0.1, 0.15) is 12.6 Å². The van der Waals surface area contributed by atoms with Crippen molar-refractivity contribution < 1.29 is 24.2 Å². The van der Waals surface area contributed by atoms with Gasteiger partial charge in [0.15, 0.2) is 0 Å². The van der Waals surface area contributed by atoms with Crippen LogP contribution < -0.4 is 10.6 Å². The quantitative estimate of drug-likeness (QED) is 0.362. The van der Waals surface area contributed by atoms with Crippen LogP contribution in [0.15, 0.2) is 60.7 Å². The Hall–Kier alpha value is -3.55. The molecule has 0 heterocycles. The number of carboxylic acids is 1. The van der Waals surface area contributed by atoms with Gasteiger partial charge in [0.2, 0.25) is 0 Å². The predicted octanol–water partition coefficient (Wildman–Crippen LogP) is 5.95. The van der Waals surface area contributed by atoms with E-state index >= 15 is 0 Å². The molecule has 35 heavy (non-hydrogen) atoms. The van der Waals surface area contributed by atoms with E-state index in [1.165, 1.54) is 12.1 Å². The number of rotatable bonds is 7. The van der Waals surface area contributed by atoms with Gasteiger partial charge in [-0.25, -0.2) is 9.59 Å². The number of carbonyl (C=O) groups is 3. The fraction of sp³-hybridized carbons (Fsp3) is 0.192. The van der Waals surface area contributed by atoms with Crippen LogP contribution in [0.2, 0.25) is 10.0 Å². The van der Waals surface area contributed by atoms with Gasteiger partial charge in [-0.3, -0.25) is 10.1 Å². The number of hydrogen-bond donors (Lipinski definition) is 3. The lowest BCUT2D eigenvalue weighted by Crippen LogP contribution is -2.40. The standard InChI is InChI=1S/C26H22Cl2N2O5/c1-2-22(25(32)33)29-24(31)14-11-20(27)23(21(28)12-14)30-26(34)35-13-19-17-9-5-3-7-15(17)16-8-4-6-10-18(16)19/h3-12,19,22H,2,13H2,1H3,(H,29,31)(H,30,34)(H,32,33)/t22-/m0/s1. The van der Waals surface area contributed by atoms with Crippen LogP contribution in [0.5, 0.6) is 0 Å². The van der Waals surface area contributed by atoms with Crippen LogP contribution in [0, 0.1) is 0 Å². The maximum atomic E-state index is 12.6. The molecule has 1 aliphatic rings. The molecule has 0 fully saturated rings. The maximum Gasteiger partial charge on any atom is 0.411 e. The van der Waals surface area contributed by atoms with Gasteiger partial charge in [0.25, 0.3) is 5.91 Å². The monoisotopic (exact) mass is 512 g/mol. The number of carbonyl (C=O) groups excluding carboxylic acids is 2. The van der Waals surface area contributed by atoms with E-state index in [-0.39, 0.29) is 40.2 Å². The van der Waals surface area contributed by atoms with Crippen LogP contribution in [-0.4, -0.2) is 35.7 Å². The number of nitrogens with one attached hydrogen (secondary N) is 2. The number of amides is 2. The summed E-state index contributed by atoms with van der Waals surface area (Å²) in [7, 11) is 0. The molecule has 0 aromatic heterocycles. The zero-order valence-corrected chi connectivity index (χ0v) is 20.2. The van der Waals surface area contributed by atoms with Crippen molar-refractivity contribution in [3.63, 3.8) is 0 Å². The Bertz CT molecular complexity index is 1240. The second kappa shape index (κ2) is 10.4. The maximum absolute atomic E-state index is 12.6. The third kappa shape index (κ3) is 5.11. The van der Waals surface area contributed by atoms with Crippen LogP contribution >= 0.6 is 23.2 Å². The zero-order chi connectivity index (χ0) is 25.1. The SMILES string of the molecule is CC[C@H](NC(=O)c1cc(Cl)c(NC(=O)OCC2c3ccccc3-c3ccccc32)c(Cl)c1)C(=O)O. The summed E-state index contributed by atoms with van der Waals surface area (Å²) in [5.41, 5.74) is 4.56. The van der Waals surface area contributed by atoms with Crippen LogP contribution in [0.4, 0.5) is 10.5 Å². The lowest BCUT2D eigenvalue weighted by atomic mass is 9.98. The van der Waals surface area contributed by atoms with Crippen molar-refractivity contribution in [2.45, 2.75) is 25.3 Å². The molecule has 2 amide bonds. The minimum atomic E-state index is -1.15. The Labute approximate surface area is 212 Å². The van der Waals surface area contributed by atoms with Gasteiger partial charge in [-0.15, -0.1) is 0 Å². The Morgan fingerprint density at radius 2 is 1.51 bits per heavy atom. The first-order chi connectivity index (χ1) is 16.8. The molecule has 0 unspecified atom stereocenters. The van der Waals surface area contributed by atoms with E-state index in [2.05, 4.69) is 10.6 Å². The number of benzene rings is 3.